The van der Waals surface area contributed by atoms with Gasteiger partial charge in [-0.1, -0.05) is 0 Å². The molecule has 0 atom stereocenters. The van der Waals surface area contributed by atoms with E-state index in [1.807, 2.05) is 20.8 Å². The lowest BCUT2D eigenvalue weighted by atomic mass is 9.85. The molecule has 2 amide bonds. The SMILES string of the molecule is CC(C)(C)NC(=O)CNC1CCC(C(N)=O)CC1. The summed E-state index contributed by atoms with van der Waals surface area (Å²) in [6.45, 7) is 6.22. The van der Waals surface area contributed by atoms with Crippen molar-refractivity contribution in [3.8, 4) is 0 Å². The number of amides is 2. The van der Waals surface area contributed by atoms with Crippen LogP contribution in [0.5, 0.6) is 0 Å². The van der Waals surface area contributed by atoms with Gasteiger partial charge in [0.25, 0.3) is 0 Å². The molecule has 0 aliphatic heterocycles. The summed E-state index contributed by atoms with van der Waals surface area (Å²) in [5.41, 5.74) is 5.09. The second-order valence-corrected chi connectivity index (χ2v) is 6.13. The van der Waals surface area contributed by atoms with E-state index < -0.39 is 0 Å². The lowest BCUT2D eigenvalue weighted by Crippen LogP contribution is -2.47. The average molecular weight is 255 g/mol. The van der Waals surface area contributed by atoms with Gasteiger partial charge in [-0.15, -0.1) is 0 Å². The lowest BCUT2D eigenvalue weighted by molar-refractivity contribution is -0.124. The van der Waals surface area contributed by atoms with Gasteiger partial charge in [0.2, 0.25) is 11.8 Å². The van der Waals surface area contributed by atoms with Crippen molar-refractivity contribution in [2.75, 3.05) is 6.54 Å². The minimum Gasteiger partial charge on any atom is -0.369 e. The highest BCUT2D eigenvalue weighted by Crippen LogP contribution is 2.23. The molecule has 0 bridgehead atoms. The third-order valence-corrected chi connectivity index (χ3v) is 3.20. The third-order valence-electron chi connectivity index (χ3n) is 3.20. The third kappa shape index (κ3) is 5.49. The molecule has 18 heavy (non-hydrogen) atoms. The first-order chi connectivity index (χ1) is 8.28. The number of hydrogen-bond acceptors (Lipinski definition) is 3. The summed E-state index contributed by atoms with van der Waals surface area (Å²) in [6.07, 6.45) is 3.48. The van der Waals surface area contributed by atoms with Crippen molar-refractivity contribution in [3.63, 3.8) is 0 Å². The number of carbonyl (C=O) groups excluding carboxylic acids is 2. The Balaban J connectivity index is 2.22. The fraction of sp³-hybridized carbons (Fsp3) is 0.846. The number of nitrogens with two attached hydrogens (primary N) is 1. The standard InChI is InChI=1S/C13H25N3O2/c1-13(2,3)16-11(17)8-15-10-6-4-9(5-7-10)12(14)18/h9-10,15H,4-8H2,1-3H3,(H2,14,18)(H,16,17). The number of hydrogen-bond donors (Lipinski definition) is 3. The van der Waals surface area contributed by atoms with Crippen LogP contribution in [-0.2, 0) is 9.59 Å². The number of nitrogens with one attached hydrogen (secondary N) is 2. The molecule has 0 aromatic carbocycles. The van der Waals surface area contributed by atoms with E-state index >= 15 is 0 Å². The first-order valence-corrected chi connectivity index (χ1v) is 6.61. The van der Waals surface area contributed by atoms with Crippen LogP contribution in [0.4, 0.5) is 0 Å². The topological polar surface area (TPSA) is 84.2 Å². The predicted octanol–water partition coefficient (Wildman–Crippen LogP) is 0.535. The Morgan fingerprint density at radius 2 is 1.72 bits per heavy atom. The monoisotopic (exact) mass is 255 g/mol. The van der Waals surface area contributed by atoms with Crippen LogP contribution in [0.15, 0.2) is 0 Å². The second kappa shape index (κ2) is 6.18. The van der Waals surface area contributed by atoms with Crippen LogP contribution >= 0.6 is 0 Å². The molecule has 1 rings (SSSR count). The molecule has 0 unspecified atom stereocenters. The Kier molecular flexibility index (Phi) is 5.14. The van der Waals surface area contributed by atoms with Crippen molar-refractivity contribution >= 4 is 11.8 Å². The molecule has 104 valence electrons. The van der Waals surface area contributed by atoms with E-state index in [2.05, 4.69) is 10.6 Å². The highest BCUT2D eigenvalue weighted by molar-refractivity contribution is 5.78. The summed E-state index contributed by atoms with van der Waals surface area (Å²) in [7, 11) is 0. The van der Waals surface area contributed by atoms with Gasteiger partial charge in [0.05, 0.1) is 6.54 Å². The Labute approximate surface area is 109 Å². The summed E-state index contributed by atoms with van der Waals surface area (Å²) >= 11 is 0. The number of rotatable bonds is 4. The van der Waals surface area contributed by atoms with Gasteiger partial charge in [-0.05, 0) is 46.5 Å². The molecular formula is C13H25N3O2. The molecule has 1 aliphatic carbocycles. The summed E-state index contributed by atoms with van der Waals surface area (Å²) < 4.78 is 0. The van der Waals surface area contributed by atoms with Gasteiger partial charge in [-0.25, -0.2) is 0 Å². The van der Waals surface area contributed by atoms with Crippen LogP contribution in [0.25, 0.3) is 0 Å². The van der Waals surface area contributed by atoms with Crippen molar-refractivity contribution in [1.82, 2.24) is 10.6 Å². The molecule has 0 spiro atoms. The smallest absolute Gasteiger partial charge is 0.234 e. The fourth-order valence-corrected chi connectivity index (χ4v) is 2.28. The number of primary amides is 1. The lowest BCUT2D eigenvalue weighted by Gasteiger charge is -2.28. The molecule has 0 heterocycles. The van der Waals surface area contributed by atoms with E-state index in [0.29, 0.717) is 12.6 Å². The first-order valence-electron chi connectivity index (χ1n) is 6.61. The van der Waals surface area contributed by atoms with Crippen LogP contribution < -0.4 is 16.4 Å². The summed E-state index contributed by atoms with van der Waals surface area (Å²) in [5, 5.41) is 6.15. The van der Waals surface area contributed by atoms with Gasteiger partial charge >= 0.3 is 0 Å². The van der Waals surface area contributed by atoms with Crippen LogP contribution in [-0.4, -0.2) is 29.9 Å². The maximum Gasteiger partial charge on any atom is 0.234 e. The van der Waals surface area contributed by atoms with E-state index in [4.69, 9.17) is 5.73 Å². The molecule has 0 aromatic rings. The summed E-state index contributed by atoms with van der Waals surface area (Å²) in [5.74, 6) is -0.162. The zero-order valence-electron chi connectivity index (χ0n) is 11.6. The van der Waals surface area contributed by atoms with Gasteiger partial charge in [-0.2, -0.15) is 0 Å². The molecule has 0 radical (unpaired) electrons. The summed E-state index contributed by atoms with van der Waals surface area (Å²) in [6, 6.07) is 0.325. The molecule has 1 aliphatic rings. The van der Waals surface area contributed by atoms with E-state index in [-0.39, 0.29) is 23.3 Å². The molecule has 0 saturated heterocycles. The highest BCUT2D eigenvalue weighted by Gasteiger charge is 2.24. The fourth-order valence-electron chi connectivity index (χ4n) is 2.28. The van der Waals surface area contributed by atoms with Crippen LogP contribution in [0.3, 0.4) is 0 Å². The van der Waals surface area contributed by atoms with Crippen molar-refractivity contribution in [2.24, 2.45) is 11.7 Å². The quantitative estimate of drug-likeness (QED) is 0.685. The second-order valence-electron chi connectivity index (χ2n) is 6.13. The van der Waals surface area contributed by atoms with Crippen LogP contribution in [0, 0.1) is 5.92 Å². The molecule has 5 nitrogen and oxygen atoms in total. The van der Waals surface area contributed by atoms with Crippen molar-refractivity contribution in [2.45, 2.75) is 58.0 Å². The first kappa shape index (κ1) is 15.0. The molecule has 1 saturated carbocycles. The Morgan fingerprint density at radius 3 is 2.17 bits per heavy atom. The van der Waals surface area contributed by atoms with E-state index in [1.54, 1.807) is 0 Å². The van der Waals surface area contributed by atoms with Crippen molar-refractivity contribution < 1.29 is 9.59 Å². The van der Waals surface area contributed by atoms with E-state index in [9.17, 15) is 9.59 Å². The number of carbonyl (C=O) groups is 2. The minimum absolute atomic E-state index is 0.0134. The molecule has 0 aromatic heterocycles. The van der Waals surface area contributed by atoms with Crippen LogP contribution in [0.2, 0.25) is 0 Å². The normalized spacial score (nSPS) is 24.6. The van der Waals surface area contributed by atoms with Gasteiger partial charge in [0, 0.05) is 17.5 Å². The zero-order chi connectivity index (χ0) is 13.8. The highest BCUT2D eigenvalue weighted by atomic mass is 16.2. The van der Waals surface area contributed by atoms with Gasteiger partial charge < -0.3 is 16.4 Å². The Morgan fingerprint density at radius 1 is 1.17 bits per heavy atom. The summed E-state index contributed by atoms with van der Waals surface area (Å²) in [4.78, 5) is 22.6. The van der Waals surface area contributed by atoms with E-state index in [1.165, 1.54) is 0 Å². The minimum atomic E-state index is -0.195. The average Bonchev–Trinajstić information content (AvgIpc) is 2.24. The maximum absolute atomic E-state index is 11.6. The van der Waals surface area contributed by atoms with Gasteiger partial charge in [0.15, 0.2) is 0 Å². The molecule has 5 heteroatoms. The van der Waals surface area contributed by atoms with Gasteiger partial charge in [-0.3, -0.25) is 9.59 Å². The predicted molar refractivity (Wildman–Crippen MR) is 70.8 cm³/mol. The van der Waals surface area contributed by atoms with E-state index in [0.717, 1.165) is 25.7 Å². The maximum atomic E-state index is 11.6. The van der Waals surface area contributed by atoms with Gasteiger partial charge in [0.1, 0.15) is 0 Å². The van der Waals surface area contributed by atoms with Crippen LogP contribution in [0.1, 0.15) is 46.5 Å². The zero-order valence-corrected chi connectivity index (χ0v) is 11.6. The molecule has 4 N–H and O–H groups in total. The molecule has 1 fully saturated rings. The molecular weight excluding hydrogens is 230 g/mol. The van der Waals surface area contributed by atoms with Crippen molar-refractivity contribution in [1.29, 1.82) is 0 Å². The Bertz CT molecular complexity index is 302. The largest absolute Gasteiger partial charge is 0.369 e. The van der Waals surface area contributed by atoms with Crippen molar-refractivity contribution in [3.05, 3.63) is 0 Å². The Hall–Kier alpha value is -1.10.